The Bertz CT molecular complexity index is 875. The number of nitrogens with zero attached hydrogens (tertiary/aromatic N) is 2. The molecule has 0 aliphatic rings. The van der Waals surface area contributed by atoms with Crippen molar-refractivity contribution in [3.63, 3.8) is 0 Å². The molecule has 0 saturated heterocycles. The van der Waals surface area contributed by atoms with Gasteiger partial charge in [-0.3, -0.25) is 0 Å². The molecule has 0 N–H and O–H groups in total. The molecule has 3 aromatic rings. The first kappa shape index (κ1) is 19.1. The van der Waals surface area contributed by atoms with Gasteiger partial charge in [0.2, 0.25) is 0 Å². The van der Waals surface area contributed by atoms with E-state index in [0.717, 1.165) is 34.9 Å². The number of methoxy groups -OCH3 is 1. The Morgan fingerprint density at radius 1 is 1.04 bits per heavy atom. The van der Waals surface area contributed by atoms with Crippen LogP contribution in [0.3, 0.4) is 0 Å². The second kappa shape index (κ2) is 8.82. The molecule has 2 aromatic carbocycles. The number of anilines is 1. The minimum Gasteiger partial charge on any atom is -0.493 e. The monoisotopic (exact) mass is 386 g/mol. The Kier molecular flexibility index (Phi) is 6.24. The fourth-order valence-electron chi connectivity index (χ4n) is 2.69. The van der Waals surface area contributed by atoms with E-state index >= 15 is 0 Å². The number of aryl methyl sites for hydroxylation is 1. The summed E-state index contributed by atoms with van der Waals surface area (Å²) in [6.07, 6.45) is 1.51. The van der Waals surface area contributed by atoms with Crippen LogP contribution in [0.4, 0.5) is 6.01 Å². The Morgan fingerprint density at radius 2 is 1.74 bits per heavy atom. The van der Waals surface area contributed by atoms with Gasteiger partial charge in [-0.15, -0.1) is 0 Å². The molecule has 1 aromatic heterocycles. The molecule has 0 bridgehead atoms. The quantitative estimate of drug-likeness (QED) is 0.505. The van der Waals surface area contributed by atoms with Gasteiger partial charge in [-0.05, 0) is 30.7 Å². The van der Waals surface area contributed by atoms with Crippen LogP contribution < -0.4 is 14.4 Å². The van der Waals surface area contributed by atoms with Gasteiger partial charge in [0.05, 0.1) is 13.7 Å². The molecule has 142 valence electrons. The van der Waals surface area contributed by atoms with E-state index in [1.165, 1.54) is 0 Å². The number of hydrogen-bond acceptors (Lipinski definition) is 5. The lowest BCUT2D eigenvalue weighted by Gasteiger charge is -2.10. The molecule has 27 heavy (non-hydrogen) atoms. The summed E-state index contributed by atoms with van der Waals surface area (Å²) in [6, 6.07) is 15.8. The molecular weight excluding hydrogens is 364 g/mol. The number of hydrogen-bond donors (Lipinski definition) is 0. The van der Waals surface area contributed by atoms with Gasteiger partial charge in [-0.2, -0.15) is 4.98 Å². The highest BCUT2D eigenvalue weighted by atomic mass is 35.5. The summed E-state index contributed by atoms with van der Waals surface area (Å²) >= 11 is 6.00. The van der Waals surface area contributed by atoms with Crippen molar-refractivity contribution in [3.8, 4) is 22.8 Å². The summed E-state index contributed by atoms with van der Waals surface area (Å²) < 4.78 is 17.1. The molecule has 0 fully saturated rings. The van der Waals surface area contributed by atoms with Gasteiger partial charge in [-0.25, -0.2) is 0 Å². The van der Waals surface area contributed by atoms with Crippen molar-refractivity contribution in [2.45, 2.75) is 12.8 Å². The highest BCUT2D eigenvalue weighted by Crippen LogP contribution is 2.30. The molecule has 0 saturated carbocycles. The Balaban J connectivity index is 1.69. The first-order valence-electron chi connectivity index (χ1n) is 8.77. The van der Waals surface area contributed by atoms with Gasteiger partial charge in [0.25, 0.3) is 6.01 Å². The molecule has 0 aliphatic heterocycles. The Labute approximate surface area is 164 Å². The minimum atomic E-state index is 0.554. The maximum atomic E-state index is 6.00. The third-order valence-electron chi connectivity index (χ3n) is 4.06. The summed E-state index contributed by atoms with van der Waals surface area (Å²) in [4.78, 5) is 6.48. The number of aromatic nitrogens is 1. The number of halogens is 1. The average molecular weight is 387 g/mol. The van der Waals surface area contributed by atoms with E-state index in [-0.39, 0.29) is 0 Å². The van der Waals surface area contributed by atoms with E-state index in [1.54, 1.807) is 7.11 Å². The van der Waals surface area contributed by atoms with Crippen LogP contribution in [-0.4, -0.2) is 32.8 Å². The summed E-state index contributed by atoms with van der Waals surface area (Å²) in [7, 11) is 5.45. The van der Waals surface area contributed by atoms with Crippen molar-refractivity contribution in [1.82, 2.24) is 4.98 Å². The summed E-state index contributed by atoms with van der Waals surface area (Å²) in [5.41, 5.74) is 1.82. The van der Waals surface area contributed by atoms with E-state index in [1.807, 2.05) is 67.5 Å². The Morgan fingerprint density at radius 3 is 2.41 bits per heavy atom. The van der Waals surface area contributed by atoms with Crippen molar-refractivity contribution in [3.05, 3.63) is 59.3 Å². The lowest BCUT2D eigenvalue weighted by Crippen LogP contribution is -2.08. The normalized spacial score (nSPS) is 10.7. The van der Waals surface area contributed by atoms with Gasteiger partial charge < -0.3 is 18.8 Å². The number of benzene rings is 2. The molecule has 0 amide bonds. The van der Waals surface area contributed by atoms with Crippen molar-refractivity contribution >= 4 is 17.6 Å². The highest BCUT2D eigenvalue weighted by molar-refractivity contribution is 6.30. The lowest BCUT2D eigenvalue weighted by molar-refractivity contribution is 0.286. The van der Waals surface area contributed by atoms with E-state index in [9.17, 15) is 0 Å². The van der Waals surface area contributed by atoms with Crippen LogP contribution in [0, 0.1) is 0 Å². The number of para-hydroxylation sites is 2. The molecule has 5 nitrogen and oxygen atoms in total. The molecule has 6 heteroatoms. The third-order valence-corrected chi connectivity index (χ3v) is 4.31. The maximum absolute atomic E-state index is 6.00. The van der Waals surface area contributed by atoms with Crippen LogP contribution in [0.1, 0.15) is 12.2 Å². The summed E-state index contributed by atoms with van der Waals surface area (Å²) in [6.45, 7) is 0.554. The molecule has 0 unspecified atom stereocenters. The van der Waals surface area contributed by atoms with Crippen molar-refractivity contribution in [2.75, 3.05) is 32.7 Å². The molecule has 0 aliphatic carbocycles. The second-order valence-electron chi connectivity index (χ2n) is 6.27. The van der Waals surface area contributed by atoms with Crippen LogP contribution in [0.15, 0.2) is 52.9 Å². The van der Waals surface area contributed by atoms with Gasteiger partial charge in [0, 0.05) is 31.1 Å². The topological polar surface area (TPSA) is 47.7 Å². The van der Waals surface area contributed by atoms with Gasteiger partial charge in [-0.1, -0.05) is 35.9 Å². The van der Waals surface area contributed by atoms with E-state index in [2.05, 4.69) is 4.98 Å². The predicted molar refractivity (Wildman–Crippen MR) is 108 cm³/mol. The van der Waals surface area contributed by atoms with E-state index in [0.29, 0.717) is 24.1 Å². The first-order chi connectivity index (χ1) is 13.1. The molecule has 0 radical (unpaired) electrons. The van der Waals surface area contributed by atoms with Crippen LogP contribution in [0.5, 0.6) is 11.5 Å². The number of oxazole rings is 1. The van der Waals surface area contributed by atoms with Crippen LogP contribution >= 0.6 is 11.6 Å². The zero-order valence-electron chi connectivity index (χ0n) is 15.7. The summed E-state index contributed by atoms with van der Waals surface area (Å²) in [5.74, 6) is 2.31. The van der Waals surface area contributed by atoms with Gasteiger partial charge in [0.15, 0.2) is 11.5 Å². The number of ether oxygens (including phenoxy) is 2. The molecule has 3 rings (SSSR count). The predicted octanol–water partition coefficient (Wildman–Crippen LogP) is 5.08. The standard InChI is InChI=1S/C21H23ClN2O3/c1-24(2)21-23-20(15-10-12-16(22)13-11-15)19(27-21)9-6-14-26-18-8-5-4-7-17(18)25-3/h4-5,7-8,10-13H,6,9,14H2,1-3H3. The fraction of sp³-hybridized carbons (Fsp3) is 0.286. The maximum Gasteiger partial charge on any atom is 0.297 e. The fourth-order valence-corrected chi connectivity index (χ4v) is 2.81. The minimum absolute atomic E-state index is 0.554. The molecular formula is C21H23ClN2O3. The average Bonchev–Trinajstić information content (AvgIpc) is 3.10. The van der Waals surface area contributed by atoms with Crippen LogP contribution in [0.25, 0.3) is 11.3 Å². The van der Waals surface area contributed by atoms with E-state index < -0.39 is 0 Å². The van der Waals surface area contributed by atoms with Gasteiger partial charge >= 0.3 is 0 Å². The Hall–Kier alpha value is -2.66. The zero-order valence-corrected chi connectivity index (χ0v) is 16.5. The van der Waals surface area contributed by atoms with Crippen molar-refractivity contribution in [1.29, 1.82) is 0 Å². The first-order valence-corrected chi connectivity index (χ1v) is 9.15. The molecule has 0 atom stereocenters. The SMILES string of the molecule is COc1ccccc1OCCCc1oc(N(C)C)nc1-c1ccc(Cl)cc1. The summed E-state index contributed by atoms with van der Waals surface area (Å²) in [5, 5.41) is 0.696. The number of rotatable bonds is 8. The third kappa shape index (κ3) is 4.74. The van der Waals surface area contributed by atoms with Crippen LogP contribution in [-0.2, 0) is 6.42 Å². The van der Waals surface area contributed by atoms with E-state index in [4.69, 9.17) is 25.5 Å². The van der Waals surface area contributed by atoms with Gasteiger partial charge in [0.1, 0.15) is 11.5 Å². The molecule has 0 spiro atoms. The largest absolute Gasteiger partial charge is 0.493 e. The van der Waals surface area contributed by atoms with Crippen molar-refractivity contribution < 1.29 is 13.9 Å². The molecule has 1 heterocycles. The zero-order chi connectivity index (χ0) is 19.2. The lowest BCUT2D eigenvalue weighted by atomic mass is 10.1. The smallest absolute Gasteiger partial charge is 0.297 e. The van der Waals surface area contributed by atoms with Crippen LogP contribution in [0.2, 0.25) is 5.02 Å². The highest BCUT2D eigenvalue weighted by Gasteiger charge is 2.16. The van der Waals surface area contributed by atoms with Crippen molar-refractivity contribution in [2.24, 2.45) is 0 Å². The second-order valence-corrected chi connectivity index (χ2v) is 6.71.